The van der Waals surface area contributed by atoms with E-state index in [1.807, 2.05) is 11.3 Å². The van der Waals surface area contributed by atoms with Crippen molar-refractivity contribution in [2.24, 2.45) is 0 Å². The van der Waals surface area contributed by atoms with E-state index >= 15 is 0 Å². The average molecular weight is 669 g/mol. The van der Waals surface area contributed by atoms with Gasteiger partial charge in [-0.2, -0.15) is 0 Å². The predicted molar refractivity (Wildman–Crippen MR) is 217 cm³/mol. The van der Waals surface area contributed by atoms with Crippen molar-refractivity contribution in [3.8, 4) is 11.5 Å². The van der Waals surface area contributed by atoms with Crippen LogP contribution < -0.4 is 30.9 Å². The van der Waals surface area contributed by atoms with Crippen LogP contribution >= 0.6 is 11.3 Å². The summed E-state index contributed by atoms with van der Waals surface area (Å²) in [5, 5.41) is 4.92. The number of thiophene rings is 1. The lowest BCUT2D eigenvalue weighted by atomic mass is 9.34. The van der Waals surface area contributed by atoms with E-state index < -0.39 is 0 Å². The maximum absolute atomic E-state index is 7.07. The van der Waals surface area contributed by atoms with Crippen molar-refractivity contribution in [1.82, 2.24) is 0 Å². The molecule has 0 fully saturated rings. The Morgan fingerprint density at radius 3 is 1.88 bits per heavy atom. The molecule has 0 saturated carbocycles. The highest BCUT2D eigenvalue weighted by atomic mass is 32.1. The summed E-state index contributed by atoms with van der Waals surface area (Å²) in [6.07, 6.45) is 0. The SMILES string of the molecule is c1ccc(N2c3ccccc3B3c4ccccc4Oc4c3c2cc2c4sc3cc(N(c4ccccc4)c4ccccc4)c4ccccc4c32)cc1. The number of rotatable bonds is 4. The van der Waals surface area contributed by atoms with Gasteiger partial charge in [0.25, 0.3) is 6.71 Å². The summed E-state index contributed by atoms with van der Waals surface area (Å²) < 4.78 is 9.49. The molecule has 2 aliphatic rings. The number of fused-ring (bicyclic) bond motifs is 10. The second-order valence-corrected chi connectivity index (χ2v) is 14.3. The predicted octanol–water partition coefficient (Wildman–Crippen LogP) is 11.1. The molecule has 0 aliphatic carbocycles. The molecule has 9 aromatic rings. The van der Waals surface area contributed by atoms with Crippen molar-refractivity contribution in [1.29, 1.82) is 0 Å². The highest BCUT2D eigenvalue weighted by molar-refractivity contribution is 7.26. The van der Waals surface area contributed by atoms with Gasteiger partial charge in [0, 0.05) is 49.3 Å². The van der Waals surface area contributed by atoms with Gasteiger partial charge in [0.15, 0.2) is 0 Å². The van der Waals surface area contributed by atoms with E-state index in [2.05, 4.69) is 186 Å². The Balaban J connectivity index is 1.26. The fourth-order valence-electron chi connectivity index (χ4n) is 8.38. The van der Waals surface area contributed by atoms with Crippen molar-refractivity contribution >= 4 is 99.5 Å². The molecular weight excluding hydrogens is 639 g/mol. The van der Waals surface area contributed by atoms with Crippen LogP contribution in [-0.4, -0.2) is 6.71 Å². The first-order valence-corrected chi connectivity index (χ1v) is 18.2. The molecule has 0 atom stereocenters. The van der Waals surface area contributed by atoms with Crippen LogP contribution in [0.3, 0.4) is 0 Å². The minimum absolute atomic E-state index is 0.0599. The maximum Gasteiger partial charge on any atom is 0.256 e. The third-order valence-corrected chi connectivity index (χ3v) is 11.6. The molecular formula is C46H29BN2OS. The van der Waals surface area contributed by atoms with Gasteiger partial charge in [-0.1, -0.05) is 115 Å². The molecule has 0 N–H and O–H groups in total. The number of anilines is 6. The molecule has 3 nitrogen and oxygen atoms in total. The zero-order chi connectivity index (χ0) is 33.5. The minimum Gasteiger partial charge on any atom is -0.457 e. The van der Waals surface area contributed by atoms with E-state index in [9.17, 15) is 0 Å². The molecule has 2 aliphatic heterocycles. The van der Waals surface area contributed by atoms with Gasteiger partial charge in [0.2, 0.25) is 0 Å². The quantitative estimate of drug-likeness (QED) is 0.174. The summed E-state index contributed by atoms with van der Waals surface area (Å²) in [5.41, 5.74) is 10.6. The number of para-hydroxylation sites is 5. The average Bonchev–Trinajstić information content (AvgIpc) is 3.58. The van der Waals surface area contributed by atoms with Gasteiger partial charge < -0.3 is 14.5 Å². The van der Waals surface area contributed by atoms with Gasteiger partial charge in [-0.25, -0.2) is 0 Å². The van der Waals surface area contributed by atoms with E-state index in [4.69, 9.17) is 4.74 Å². The van der Waals surface area contributed by atoms with Crippen LogP contribution in [0.5, 0.6) is 11.5 Å². The fourth-order valence-corrected chi connectivity index (χ4v) is 9.61. The summed E-state index contributed by atoms with van der Waals surface area (Å²) in [5.74, 6) is 1.90. The van der Waals surface area contributed by atoms with Gasteiger partial charge in [-0.05, 0) is 82.4 Å². The highest BCUT2D eigenvalue weighted by Gasteiger charge is 2.43. The Labute approximate surface area is 300 Å². The lowest BCUT2D eigenvalue weighted by Gasteiger charge is -2.40. The van der Waals surface area contributed by atoms with Crippen molar-refractivity contribution in [2.75, 3.05) is 9.80 Å². The van der Waals surface area contributed by atoms with Crippen LogP contribution in [0.15, 0.2) is 176 Å². The molecule has 5 heteroatoms. The van der Waals surface area contributed by atoms with Crippen LogP contribution in [0.1, 0.15) is 0 Å². The van der Waals surface area contributed by atoms with Gasteiger partial charge in [0.05, 0.1) is 10.4 Å². The van der Waals surface area contributed by atoms with E-state index in [-0.39, 0.29) is 6.71 Å². The van der Waals surface area contributed by atoms with Crippen LogP contribution in [0, 0.1) is 0 Å². The standard InChI is InChI=1S/C46H29BN2OS/c1-4-16-30(17-5-1)48(31-18-6-2-7-19-31)39-29-42-43(34-23-11-10-22-33(34)39)35-28-40-44-45(46(35)51-42)50-41-27-15-13-25-37(41)47(44)36-24-12-14-26-38(36)49(40)32-20-8-3-9-21-32/h1-29H. The van der Waals surface area contributed by atoms with E-state index in [1.165, 1.54) is 58.7 Å². The van der Waals surface area contributed by atoms with Gasteiger partial charge in [0.1, 0.15) is 11.5 Å². The molecule has 11 rings (SSSR count). The van der Waals surface area contributed by atoms with Crippen molar-refractivity contribution in [3.63, 3.8) is 0 Å². The summed E-state index contributed by atoms with van der Waals surface area (Å²) in [4.78, 5) is 4.83. The Kier molecular flexibility index (Phi) is 6.22. The van der Waals surface area contributed by atoms with E-state index in [1.54, 1.807) is 0 Å². The van der Waals surface area contributed by atoms with Crippen LogP contribution in [0.2, 0.25) is 0 Å². The first-order chi connectivity index (χ1) is 25.3. The number of ether oxygens (including phenoxy) is 1. The summed E-state index contributed by atoms with van der Waals surface area (Å²) in [6, 6.07) is 63.3. The molecule has 0 saturated heterocycles. The normalized spacial score (nSPS) is 12.8. The summed E-state index contributed by atoms with van der Waals surface area (Å²) in [6.45, 7) is 0.0599. The lowest BCUT2D eigenvalue weighted by molar-refractivity contribution is 0.494. The Hall–Kier alpha value is -6.30. The molecule has 8 aromatic carbocycles. The van der Waals surface area contributed by atoms with Gasteiger partial charge in [-0.15, -0.1) is 11.3 Å². The van der Waals surface area contributed by atoms with Crippen molar-refractivity contribution < 1.29 is 4.74 Å². The smallest absolute Gasteiger partial charge is 0.256 e. The number of nitrogens with zero attached hydrogens (tertiary/aromatic N) is 2. The minimum atomic E-state index is 0.0599. The Bertz CT molecular complexity index is 2760. The molecule has 3 heterocycles. The molecule has 1 aromatic heterocycles. The van der Waals surface area contributed by atoms with Gasteiger partial charge in [-0.3, -0.25) is 0 Å². The topological polar surface area (TPSA) is 15.7 Å². The lowest BCUT2D eigenvalue weighted by Crippen LogP contribution is -2.59. The van der Waals surface area contributed by atoms with E-state index in [0.29, 0.717) is 0 Å². The molecule has 0 unspecified atom stereocenters. The molecule has 238 valence electrons. The first kappa shape index (κ1) is 28.5. The summed E-state index contributed by atoms with van der Waals surface area (Å²) >= 11 is 1.84. The first-order valence-electron chi connectivity index (χ1n) is 17.4. The molecule has 0 bridgehead atoms. The second kappa shape index (κ2) is 11.1. The zero-order valence-electron chi connectivity index (χ0n) is 27.5. The fraction of sp³-hybridized carbons (Fsp3) is 0. The second-order valence-electron chi connectivity index (χ2n) is 13.2. The number of hydrogen-bond acceptors (Lipinski definition) is 4. The van der Waals surface area contributed by atoms with E-state index in [0.717, 1.165) is 34.2 Å². The third-order valence-electron chi connectivity index (χ3n) is 10.5. The zero-order valence-corrected chi connectivity index (χ0v) is 28.3. The molecule has 51 heavy (non-hydrogen) atoms. The monoisotopic (exact) mass is 668 g/mol. The Morgan fingerprint density at radius 2 is 1.14 bits per heavy atom. The largest absolute Gasteiger partial charge is 0.457 e. The summed E-state index contributed by atoms with van der Waals surface area (Å²) in [7, 11) is 0. The van der Waals surface area contributed by atoms with Gasteiger partial charge >= 0.3 is 0 Å². The maximum atomic E-state index is 7.07. The molecule has 0 spiro atoms. The molecule has 0 radical (unpaired) electrons. The number of benzene rings is 8. The van der Waals surface area contributed by atoms with Crippen LogP contribution in [0.25, 0.3) is 30.9 Å². The van der Waals surface area contributed by atoms with Crippen LogP contribution in [0.4, 0.5) is 34.1 Å². The number of hydrogen-bond donors (Lipinski definition) is 0. The Morgan fingerprint density at radius 1 is 0.529 bits per heavy atom. The third kappa shape index (κ3) is 4.19. The molecule has 0 amide bonds. The van der Waals surface area contributed by atoms with Crippen molar-refractivity contribution in [3.05, 3.63) is 176 Å². The van der Waals surface area contributed by atoms with Crippen molar-refractivity contribution in [2.45, 2.75) is 0 Å². The van der Waals surface area contributed by atoms with Crippen LogP contribution in [-0.2, 0) is 0 Å². The highest BCUT2D eigenvalue weighted by Crippen LogP contribution is 2.51.